The molecule has 0 radical (unpaired) electrons. The molecule has 2 rings (SSSR count). The van der Waals surface area contributed by atoms with E-state index in [0.29, 0.717) is 5.69 Å². The highest BCUT2D eigenvalue weighted by molar-refractivity contribution is 6.23. The summed E-state index contributed by atoms with van der Waals surface area (Å²) in [5.41, 5.74) is 0.0659. The van der Waals surface area contributed by atoms with Crippen LogP contribution in [0.5, 0.6) is 0 Å². The first-order valence-electron chi connectivity index (χ1n) is 6.34. The fourth-order valence-corrected chi connectivity index (χ4v) is 2.54. The van der Waals surface area contributed by atoms with Crippen LogP contribution >= 0.6 is 0 Å². The van der Waals surface area contributed by atoms with Gasteiger partial charge in [-0.2, -0.15) is 0 Å². The van der Waals surface area contributed by atoms with Gasteiger partial charge in [0.15, 0.2) is 0 Å². The topological polar surface area (TPSA) is 37.4 Å². The average molecular weight is 245 g/mol. The van der Waals surface area contributed by atoms with Crippen LogP contribution < -0.4 is 4.90 Å². The van der Waals surface area contributed by atoms with Gasteiger partial charge in [-0.1, -0.05) is 39.0 Å². The van der Waals surface area contributed by atoms with Crippen molar-refractivity contribution in [2.75, 3.05) is 4.90 Å². The number of rotatable bonds is 2. The molecule has 1 saturated heterocycles. The smallest absolute Gasteiger partial charge is 0.240 e. The van der Waals surface area contributed by atoms with Gasteiger partial charge in [0.05, 0.1) is 17.0 Å². The van der Waals surface area contributed by atoms with Crippen LogP contribution in [0.4, 0.5) is 5.69 Å². The maximum absolute atomic E-state index is 12.6. The van der Waals surface area contributed by atoms with E-state index in [4.69, 9.17) is 0 Å². The van der Waals surface area contributed by atoms with Crippen molar-refractivity contribution in [3.63, 3.8) is 0 Å². The summed E-state index contributed by atoms with van der Waals surface area (Å²) in [6.45, 7) is 7.74. The Morgan fingerprint density at radius 3 is 2.17 bits per heavy atom. The van der Waals surface area contributed by atoms with Crippen LogP contribution in [-0.4, -0.2) is 11.8 Å². The van der Waals surface area contributed by atoms with E-state index in [1.165, 1.54) is 4.90 Å². The first-order chi connectivity index (χ1) is 8.40. The molecule has 1 fully saturated rings. The number of nitrogens with zero attached hydrogens (tertiary/aromatic N) is 1. The number of imide groups is 1. The Balaban J connectivity index is 2.48. The number of carbonyl (C=O) groups excluding carboxylic acids is 2. The fourth-order valence-electron chi connectivity index (χ4n) is 2.54. The standard InChI is InChI=1S/C15H19NO2/c1-10(2)15(4)11(3)13(17)16(14(15)18)12-8-6-5-7-9-12/h5-11H,1-4H3. The molecule has 1 aliphatic heterocycles. The molecule has 96 valence electrons. The van der Waals surface area contributed by atoms with Gasteiger partial charge < -0.3 is 0 Å². The van der Waals surface area contributed by atoms with Gasteiger partial charge >= 0.3 is 0 Å². The molecule has 0 spiro atoms. The number of carbonyl (C=O) groups is 2. The van der Waals surface area contributed by atoms with Crippen LogP contribution in [0.1, 0.15) is 27.7 Å². The second-order valence-corrected chi connectivity index (χ2v) is 5.47. The Morgan fingerprint density at radius 1 is 1.17 bits per heavy atom. The van der Waals surface area contributed by atoms with Crippen LogP contribution in [0, 0.1) is 17.3 Å². The second-order valence-electron chi connectivity index (χ2n) is 5.47. The SMILES string of the molecule is CC(C)C1(C)C(=O)N(c2ccccc2)C(=O)C1C. The molecular weight excluding hydrogens is 226 g/mol. The molecule has 0 aromatic heterocycles. The Kier molecular flexibility index (Phi) is 3.01. The minimum atomic E-state index is -0.604. The fraction of sp³-hybridized carbons (Fsp3) is 0.467. The van der Waals surface area contributed by atoms with E-state index in [2.05, 4.69) is 0 Å². The van der Waals surface area contributed by atoms with E-state index < -0.39 is 5.41 Å². The van der Waals surface area contributed by atoms with Crippen LogP contribution in [0.15, 0.2) is 30.3 Å². The minimum absolute atomic E-state index is 0.0822. The normalized spacial score (nSPS) is 28.3. The molecule has 1 aromatic carbocycles. The number of para-hydroxylation sites is 1. The van der Waals surface area contributed by atoms with Crippen molar-refractivity contribution < 1.29 is 9.59 Å². The predicted molar refractivity (Wildman–Crippen MR) is 71.0 cm³/mol. The lowest BCUT2D eigenvalue weighted by Gasteiger charge is -2.29. The molecule has 0 saturated carbocycles. The molecular formula is C15H19NO2. The van der Waals surface area contributed by atoms with Gasteiger partial charge in [0.1, 0.15) is 0 Å². The van der Waals surface area contributed by atoms with Gasteiger partial charge in [-0.25, -0.2) is 4.90 Å². The molecule has 0 aliphatic carbocycles. The average Bonchev–Trinajstić information content (AvgIpc) is 2.53. The molecule has 2 atom stereocenters. The van der Waals surface area contributed by atoms with E-state index >= 15 is 0 Å². The Hall–Kier alpha value is -1.64. The third-order valence-electron chi connectivity index (χ3n) is 4.37. The third-order valence-corrected chi connectivity index (χ3v) is 4.37. The predicted octanol–water partition coefficient (Wildman–Crippen LogP) is 2.86. The summed E-state index contributed by atoms with van der Waals surface area (Å²) in [6, 6.07) is 9.15. The lowest BCUT2D eigenvalue weighted by Crippen LogP contribution is -2.38. The van der Waals surface area contributed by atoms with Gasteiger partial charge in [-0.15, -0.1) is 0 Å². The summed E-state index contributed by atoms with van der Waals surface area (Å²) in [6.07, 6.45) is 0. The third kappa shape index (κ3) is 1.57. The van der Waals surface area contributed by atoms with Crippen molar-refractivity contribution in [3.8, 4) is 0 Å². The van der Waals surface area contributed by atoms with Gasteiger partial charge in [-0.3, -0.25) is 9.59 Å². The van der Waals surface area contributed by atoms with E-state index in [1.54, 1.807) is 12.1 Å². The molecule has 1 heterocycles. The molecule has 1 aliphatic rings. The number of hydrogen-bond acceptors (Lipinski definition) is 2. The van der Waals surface area contributed by atoms with Crippen molar-refractivity contribution in [3.05, 3.63) is 30.3 Å². The molecule has 1 aromatic rings. The highest BCUT2D eigenvalue weighted by atomic mass is 16.2. The van der Waals surface area contributed by atoms with E-state index in [9.17, 15) is 9.59 Å². The van der Waals surface area contributed by atoms with Crippen LogP contribution in [0.25, 0.3) is 0 Å². The van der Waals surface area contributed by atoms with E-state index in [0.717, 1.165) is 0 Å². The zero-order valence-electron chi connectivity index (χ0n) is 11.3. The maximum Gasteiger partial charge on any atom is 0.240 e. The van der Waals surface area contributed by atoms with Crippen molar-refractivity contribution in [1.82, 2.24) is 0 Å². The monoisotopic (exact) mass is 245 g/mol. The highest BCUT2D eigenvalue weighted by Crippen LogP contribution is 2.45. The van der Waals surface area contributed by atoms with Gasteiger partial charge in [0, 0.05) is 0 Å². The summed E-state index contributed by atoms with van der Waals surface area (Å²) in [5, 5.41) is 0. The molecule has 2 amide bonds. The van der Waals surface area contributed by atoms with Crippen LogP contribution in [-0.2, 0) is 9.59 Å². The first-order valence-corrected chi connectivity index (χ1v) is 6.34. The molecule has 3 heteroatoms. The van der Waals surface area contributed by atoms with Crippen LogP contribution in [0.2, 0.25) is 0 Å². The maximum atomic E-state index is 12.6. The number of amides is 2. The summed E-state index contributed by atoms with van der Waals surface area (Å²) in [5.74, 6) is -0.313. The van der Waals surface area contributed by atoms with Crippen molar-refractivity contribution in [1.29, 1.82) is 0 Å². The Bertz CT molecular complexity index is 481. The Morgan fingerprint density at radius 2 is 1.72 bits per heavy atom. The lowest BCUT2D eigenvalue weighted by molar-refractivity contribution is -0.128. The first kappa shape index (κ1) is 12.8. The molecule has 18 heavy (non-hydrogen) atoms. The minimum Gasteiger partial charge on any atom is -0.274 e. The van der Waals surface area contributed by atoms with E-state index in [1.807, 2.05) is 45.9 Å². The number of anilines is 1. The van der Waals surface area contributed by atoms with Crippen molar-refractivity contribution >= 4 is 17.5 Å². The summed E-state index contributed by atoms with van der Waals surface area (Å²) >= 11 is 0. The quantitative estimate of drug-likeness (QED) is 0.751. The van der Waals surface area contributed by atoms with Crippen LogP contribution in [0.3, 0.4) is 0 Å². The molecule has 2 unspecified atom stereocenters. The van der Waals surface area contributed by atoms with Crippen molar-refractivity contribution in [2.24, 2.45) is 17.3 Å². The van der Waals surface area contributed by atoms with E-state index in [-0.39, 0.29) is 23.7 Å². The van der Waals surface area contributed by atoms with Crippen molar-refractivity contribution in [2.45, 2.75) is 27.7 Å². The van der Waals surface area contributed by atoms with Gasteiger partial charge in [0.2, 0.25) is 11.8 Å². The highest BCUT2D eigenvalue weighted by Gasteiger charge is 2.56. The summed E-state index contributed by atoms with van der Waals surface area (Å²) in [7, 11) is 0. The molecule has 0 bridgehead atoms. The zero-order chi connectivity index (χ0) is 13.5. The summed E-state index contributed by atoms with van der Waals surface area (Å²) in [4.78, 5) is 26.3. The van der Waals surface area contributed by atoms with Gasteiger partial charge in [-0.05, 0) is 25.0 Å². The molecule has 3 nitrogen and oxygen atoms in total. The lowest BCUT2D eigenvalue weighted by atomic mass is 9.71. The number of hydrogen-bond donors (Lipinski definition) is 0. The largest absolute Gasteiger partial charge is 0.274 e. The second kappa shape index (κ2) is 4.23. The zero-order valence-corrected chi connectivity index (χ0v) is 11.3. The number of benzene rings is 1. The van der Waals surface area contributed by atoms with Gasteiger partial charge in [0.25, 0.3) is 0 Å². The molecule has 0 N–H and O–H groups in total. The summed E-state index contributed by atoms with van der Waals surface area (Å²) < 4.78 is 0. The Labute approximate surface area is 108 Å².